The van der Waals surface area contributed by atoms with Gasteiger partial charge in [0.2, 0.25) is 0 Å². The third-order valence-corrected chi connectivity index (χ3v) is 5.03. The Hall–Kier alpha value is -2.77. The third kappa shape index (κ3) is 2.57. The van der Waals surface area contributed by atoms with Gasteiger partial charge in [-0.15, -0.1) is 15.3 Å². The zero-order chi connectivity index (χ0) is 16.8. The van der Waals surface area contributed by atoms with E-state index in [2.05, 4.69) is 35.5 Å². The lowest BCUT2D eigenvalue weighted by Gasteiger charge is -2.40. The van der Waals surface area contributed by atoms with Crippen LogP contribution in [-0.2, 0) is 12.8 Å². The molecule has 3 aromatic heterocycles. The summed E-state index contributed by atoms with van der Waals surface area (Å²) in [6, 6.07) is 3.96. The van der Waals surface area contributed by atoms with Crippen LogP contribution in [0, 0.1) is 12.8 Å². The molecule has 1 saturated heterocycles. The van der Waals surface area contributed by atoms with Gasteiger partial charge in [-0.2, -0.15) is 4.52 Å². The number of hydrogen-bond acceptors (Lipinski definition) is 7. The Morgan fingerprint density at radius 1 is 1.20 bits per heavy atom. The number of fused-ring (bicyclic) bond motifs is 2. The molecule has 128 valence electrons. The second-order valence-corrected chi connectivity index (χ2v) is 6.88. The maximum atomic E-state index is 4.62. The molecule has 0 spiro atoms. The van der Waals surface area contributed by atoms with Gasteiger partial charge in [0.15, 0.2) is 5.65 Å². The Balaban J connectivity index is 1.22. The average molecular weight is 336 g/mol. The van der Waals surface area contributed by atoms with Crippen molar-refractivity contribution in [2.75, 3.05) is 29.9 Å². The van der Waals surface area contributed by atoms with E-state index in [1.54, 1.807) is 10.8 Å². The third-order valence-electron chi connectivity index (χ3n) is 5.03. The monoisotopic (exact) mass is 336 g/mol. The molecule has 8 nitrogen and oxygen atoms in total. The highest BCUT2D eigenvalue weighted by Gasteiger charge is 2.28. The van der Waals surface area contributed by atoms with Crippen LogP contribution in [0.25, 0.3) is 5.65 Å². The lowest BCUT2D eigenvalue weighted by atomic mass is 10.00. The maximum Gasteiger partial charge on any atom is 0.177 e. The topological polar surface area (TPSA) is 84.1 Å². The highest BCUT2D eigenvalue weighted by atomic mass is 15.4. The Morgan fingerprint density at radius 2 is 2.12 bits per heavy atom. The normalized spacial score (nSPS) is 16.9. The van der Waals surface area contributed by atoms with Gasteiger partial charge < -0.3 is 10.2 Å². The summed E-state index contributed by atoms with van der Waals surface area (Å²) in [5, 5.41) is 16.0. The highest BCUT2D eigenvalue weighted by Crippen LogP contribution is 2.27. The smallest absolute Gasteiger partial charge is 0.177 e. The van der Waals surface area contributed by atoms with Crippen molar-refractivity contribution in [1.29, 1.82) is 0 Å². The molecule has 0 radical (unpaired) electrons. The van der Waals surface area contributed by atoms with Gasteiger partial charge in [0, 0.05) is 36.8 Å². The van der Waals surface area contributed by atoms with Crippen molar-refractivity contribution in [3.63, 3.8) is 0 Å². The molecule has 0 amide bonds. The zero-order valence-corrected chi connectivity index (χ0v) is 14.2. The molecule has 0 bridgehead atoms. The Bertz CT molecular complexity index is 928. The molecule has 0 saturated carbocycles. The fourth-order valence-electron chi connectivity index (χ4n) is 3.72. The van der Waals surface area contributed by atoms with Crippen molar-refractivity contribution >= 4 is 17.3 Å². The van der Waals surface area contributed by atoms with E-state index in [1.165, 1.54) is 17.7 Å². The molecule has 1 aliphatic carbocycles. The van der Waals surface area contributed by atoms with E-state index in [-0.39, 0.29) is 0 Å². The molecule has 1 fully saturated rings. The molecule has 1 aliphatic heterocycles. The number of hydrogen-bond donors (Lipinski definition) is 1. The summed E-state index contributed by atoms with van der Waals surface area (Å²) in [7, 11) is 0. The van der Waals surface area contributed by atoms with Gasteiger partial charge in [0.1, 0.15) is 23.8 Å². The number of nitrogens with one attached hydrogen (secondary N) is 1. The predicted molar refractivity (Wildman–Crippen MR) is 93.8 cm³/mol. The van der Waals surface area contributed by atoms with Gasteiger partial charge in [0.05, 0.1) is 0 Å². The molecule has 0 aromatic carbocycles. The molecule has 4 heterocycles. The summed E-state index contributed by atoms with van der Waals surface area (Å²) in [6.45, 7) is 4.91. The zero-order valence-electron chi connectivity index (χ0n) is 14.2. The van der Waals surface area contributed by atoms with Crippen LogP contribution in [0.3, 0.4) is 0 Å². The van der Waals surface area contributed by atoms with Crippen molar-refractivity contribution in [2.45, 2.75) is 26.2 Å². The molecular formula is C17H20N8. The van der Waals surface area contributed by atoms with Crippen molar-refractivity contribution in [1.82, 2.24) is 29.8 Å². The van der Waals surface area contributed by atoms with Crippen molar-refractivity contribution < 1.29 is 0 Å². The van der Waals surface area contributed by atoms with Crippen LogP contribution in [-0.4, -0.2) is 49.4 Å². The van der Waals surface area contributed by atoms with Gasteiger partial charge >= 0.3 is 0 Å². The number of rotatable bonds is 4. The SMILES string of the molecule is Cc1nc2c(c(NCC3CN(c4ccc5nncn5n4)C3)n1)CCC2. The van der Waals surface area contributed by atoms with Gasteiger partial charge in [-0.05, 0) is 38.3 Å². The van der Waals surface area contributed by atoms with Gasteiger partial charge in [-0.1, -0.05) is 0 Å². The summed E-state index contributed by atoms with van der Waals surface area (Å²) >= 11 is 0. The average Bonchev–Trinajstić information content (AvgIpc) is 3.21. The van der Waals surface area contributed by atoms with Crippen LogP contribution in [0.15, 0.2) is 18.5 Å². The van der Waals surface area contributed by atoms with Gasteiger partial charge in [-0.3, -0.25) is 0 Å². The minimum Gasteiger partial charge on any atom is -0.369 e. The van der Waals surface area contributed by atoms with E-state index in [9.17, 15) is 0 Å². The number of nitrogens with zero attached hydrogens (tertiary/aromatic N) is 7. The van der Waals surface area contributed by atoms with Crippen LogP contribution in [0.5, 0.6) is 0 Å². The summed E-state index contributed by atoms with van der Waals surface area (Å²) in [5.74, 6) is 3.49. The van der Waals surface area contributed by atoms with Crippen LogP contribution in [0.2, 0.25) is 0 Å². The van der Waals surface area contributed by atoms with Gasteiger partial charge in [0.25, 0.3) is 0 Å². The van der Waals surface area contributed by atoms with Crippen LogP contribution < -0.4 is 10.2 Å². The lowest BCUT2D eigenvalue weighted by Crippen LogP contribution is -2.50. The molecule has 3 aromatic rings. The van der Waals surface area contributed by atoms with E-state index in [0.717, 1.165) is 55.6 Å². The number of anilines is 2. The maximum absolute atomic E-state index is 4.62. The summed E-state index contributed by atoms with van der Waals surface area (Å²) in [5.41, 5.74) is 3.33. The molecular weight excluding hydrogens is 316 g/mol. The summed E-state index contributed by atoms with van der Waals surface area (Å²) < 4.78 is 1.72. The van der Waals surface area contributed by atoms with E-state index >= 15 is 0 Å². The van der Waals surface area contributed by atoms with E-state index in [0.29, 0.717) is 5.92 Å². The van der Waals surface area contributed by atoms with E-state index in [4.69, 9.17) is 0 Å². The molecule has 8 heteroatoms. The van der Waals surface area contributed by atoms with Crippen molar-refractivity contribution in [2.24, 2.45) is 5.92 Å². The first-order valence-corrected chi connectivity index (χ1v) is 8.78. The molecule has 5 rings (SSSR count). The minimum atomic E-state index is 0.603. The molecule has 0 unspecified atom stereocenters. The van der Waals surface area contributed by atoms with E-state index < -0.39 is 0 Å². The van der Waals surface area contributed by atoms with Gasteiger partial charge in [-0.25, -0.2) is 9.97 Å². The first kappa shape index (κ1) is 14.6. The van der Waals surface area contributed by atoms with Crippen LogP contribution in [0.4, 0.5) is 11.6 Å². The standard InChI is InChI=1S/C17H20N8/c1-11-20-14-4-2-3-13(14)17(21-11)18-7-12-8-24(9-12)16-6-5-15-22-19-10-25(15)23-16/h5-6,10,12H,2-4,7-9H2,1H3,(H,18,20,21). The summed E-state index contributed by atoms with van der Waals surface area (Å²) in [6.07, 6.45) is 5.01. The first-order chi connectivity index (χ1) is 12.3. The van der Waals surface area contributed by atoms with Crippen LogP contribution in [0.1, 0.15) is 23.5 Å². The highest BCUT2D eigenvalue weighted by molar-refractivity contribution is 5.50. The van der Waals surface area contributed by atoms with Crippen LogP contribution >= 0.6 is 0 Å². The molecule has 25 heavy (non-hydrogen) atoms. The summed E-state index contributed by atoms with van der Waals surface area (Å²) in [4.78, 5) is 11.5. The predicted octanol–water partition coefficient (Wildman–Crippen LogP) is 1.26. The number of aromatic nitrogens is 6. The molecule has 0 atom stereocenters. The second-order valence-electron chi connectivity index (χ2n) is 6.88. The fraction of sp³-hybridized carbons (Fsp3) is 0.471. The van der Waals surface area contributed by atoms with Crippen molar-refractivity contribution in [3.8, 4) is 0 Å². The largest absolute Gasteiger partial charge is 0.369 e. The minimum absolute atomic E-state index is 0.603. The van der Waals surface area contributed by atoms with E-state index in [1.807, 2.05) is 19.1 Å². The number of aryl methyl sites for hydroxylation is 2. The Labute approximate surface area is 145 Å². The van der Waals surface area contributed by atoms with Crippen molar-refractivity contribution in [3.05, 3.63) is 35.5 Å². The Kier molecular flexibility index (Phi) is 3.29. The Morgan fingerprint density at radius 3 is 3.04 bits per heavy atom. The molecule has 2 aliphatic rings. The fourth-order valence-corrected chi connectivity index (χ4v) is 3.72. The quantitative estimate of drug-likeness (QED) is 0.768. The second kappa shape index (κ2) is 5.65. The first-order valence-electron chi connectivity index (χ1n) is 8.78. The molecule has 1 N–H and O–H groups in total. The lowest BCUT2D eigenvalue weighted by molar-refractivity contribution is 0.424.